The summed E-state index contributed by atoms with van der Waals surface area (Å²) in [6.45, 7) is 2.52. The first kappa shape index (κ1) is 13.9. The Morgan fingerprint density at radius 1 is 1.53 bits per heavy atom. The van der Waals surface area contributed by atoms with Crippen LogP contribution in [0.15, 0.2) is 6.33 Å². The third kappa shape index (κ3) is 4.70. The maximum atomic E-state index is 12.1. The zero-order valence-corrected chi connectivity index (χ0v) is 9.54. The molecule has 0 aliphatic heterocycles. The van der Waals surface area contributed by atoms with Gasteiger partial charge in [-0.2, -0.15) is 18.3 Å². The molecule has 1 aromatic heterocycles. The van der Waals surface area contributed by atoms with E-state index < -0.39 is 18.6 Å². The Morgan fingerprint density at radius 3 is 2.76 bits per heavy atom. The quantitative estimate of drug-likeness (QED) is 0.585. The number of aromatic nitrogens is 3. The van der Waals surface area contributed by atoms with E-state index in [9.17, 15) is 13.2 Å². The Balaban J connectivity index is 2.52. The van der Waals surface area contributed by atoms with Crippen molar-refractivity contribution in [3.63, 3.8) is 0 Å². The van der Waals surface area contributed by atoms with Crippen molar-refractivity contribution >= 4 is 0 Å². The summed E-state index contributed by atoms with van der Waals surface area (Å²) in [6.07, 6.45) is -3.37. The number of hydrogen-bond acceptors (Lipinski definition) is 4. The first-order valence-corrected chi connectivity index (χ1v) is 5.35. The van der Waals surface area contributed by atoms with E-state index in [1.165, 1.54) is 6.33 Å². The van der Waals surface area contributed by atoms with Crippen molar-refractivity contribution in [3.05, 3.63) is 12.2 Å². The van der Waals surface area contributed by atoms with E-state index in [1.807, 2.05) is 6.92 Å². The number of aryl methyl sites for hydroxylation is 1. The fourth-order valence-corrected chi connectivity index (χ4v) is 1.51. The summed E-state index contributed by atoms with van der Waals surface area (Å²) in [5.74, 6) is 5.87. The van der Waals surface area contributed by atoms with Gasteiger partial charge in [0.1, 0.15) is 12.2 Å². The van der Waals surface area contributed by atoms with Crippen molar-refractivity contribution < 1.29 is 13.2 Å². The summed E-state index contributed by atoms with van der Waals surface area (Å²) in [5, 5.41) is 3.95. The SMILES string of the molecule is CCn1ncnc1CC(CCC(F)(F)F)NN. The van der Waals surface area contributed by atoms with Crippen molar-refractivity contribution in [1.82, 2.24) is 20.2 Å². The molecule has 0 saturated heterocycles. The normalized spacial score (nSPS) is 13.9. The Bertz CT molecular complexity index is 336. The molecule has 0 spiro atoms. The number of nitrogens with two attached hydrogens (primary N) is 1. The van der Waals surface area contributed by atoms with Crippen LogP contribution in [0, 0.1) is 0 Å². The van der Waals surface area contributed by atoms with E-state index in [1.54, 1.807) is 4.68 Å². The Labute approximate surface area is 97.2 Å². The van der Waals surface area contributed by atoms with Gasteiger partial charge in [-0.15, -0.1) is 0 Å². The molecule has 0 amide bonds. The largest absolute Gasteiger partial charge is 0.389 e. The van der Waals surface area contributed by atoms with Gasteiger partial charge in [-0.25, -0.2) is 4.98 Å². The van der Waals surface area contributed by atoms with Crippen LogP contribution in [-0.4, -0.2) is 27.0 Å². The molecule has 0 aliphatic carbocycles. The van der Waals surface area contributed by atoms with Crippen molar-refractivity contribution in [2.45, 2.75) is 44.9 Å². The molecule has 0 bridgehead atoms. The Hall–Kier alpha value is -1.15. The van der Waals surface area contributed by atoms with Crippen LogP contribution in [0.25, 0.3) is 0 Å². The molecule has 3 N–H and O–H groups in total. The number of nitrogens with zero attached hydrogens (tertiary/aromatic N) is 3. The summed E-state index contributed by atoms with van der Waals surface area (Å²) in [4.78, 5) is 3.99. The molecule has 0 aliphatic rings. The highest BCUT2D eigenvalue weighted by Crippen LogP contribution is 2.22. The van der Waals surface area contributed by atoms with Gasteiger partial charge in [0.25, 0.3) is 0 Å². The molecule has 0 radical (unpaired) electrons. The van der Waals surface area contributed by atoms with E-state index in [0.717, 1.165) is 0 Å². The van der Waals surface area contributed by atoms with Crippen LogP contribution in [0.1, 0.15) is 25.6 Å². The van der Waals surface area contributed by atoms with E-state index in [-0.39, 0.29) is 6.42 Å². The van der Waals surface area contributed by atoms with Crippen LogP contribution >= 0.6 is 0 Å². The second-order valence-electron chi connectivity index (χ2n) is 3.71. The van der Waals surface area contributed by atoms with Crippen LogP contribution in [0.2, 0.25) is 0 Å². The van der Waals surface area contributed by atoms with Crippen LogP contribution < -0.4 is 11.3 Å². The maximum absolute atomic E-state index is 12.1. The Kier molecular flexibility index (Phi) is 4.88. The minimum absolute atomic E-state index is 0.0728. The van der Waals surface area contributed by atoms with Gasteiger partial charge < -0.3 is 0 Å². The van der Waals surface area contributed by atoms with Crippen LogP contribution in [-0.2, 0) is 13.0 Å². The molecule has 5 nitrogen and oxygen atoms in total. The van der Waals surface area contributed by atoms with Crippen LogP contribution in [0.3, 0.4) is 0 Å². The maximum Gasteiger partial charge on any atom is 0.389 e. The van der Waals surface area contributed by atoms with Crippen LogP contribution in [0.4, 0.5) is 13.2 Å². The van der Waals surface area contributed by atoms with E-state index >= 15 is 0 Å². The van der Waals surface area contributed by atoms with Crippen molar-refractivity contribution in [1.29, 1.82) is 0 Å². The second kappa shape index (κ2) is 5.97. The average molecular weight is 251 g/mol. The fraction of sp³-hybridized carbons (Fsp3) is 0.778. The molecular formula is C9H16F3N5. The molecular weight excluding hydrogens is 235 g/mol. The summed E-state index contributed by atoms with van der Waals surface area (Å²) < 4.78 is 37.9. The number of alkyl halides is 3. The monoisotopic (exact) mass is 251 g/mol. The minimum atomic E-state index is -4.16. The molecule has 8 heteroatoms. The fourth-order valence-electron chi connectivity index (χ4n) is 1.51. The Morgan fingerprint density at radius 2 is 2.24 bits per heavy atom. The number of hydrogen-bond donors (Lipinski definition) is 2. The number of halogens is 3. The third-order valence-corrected chi connectivity index (χ3v) is 2.44. The standard InChI is InChI=1S/C9H16F3N5/c1-2-17-8(14-6-15-17)5-7(16-13)3-4-9(10,11)12/h6-7,16H,2-5,13H2,1H3. The second-order valence-corrected chi connectivity index (χ2v) is 3.71. The van der Waals surface area contributed by atoms with Crippen molar-refractivity contribution in [2.75, 3.05) is 0 Å². The molecule has 0 aromatic carbocycles. The number of nitrogens with one attached hydrogen (secondary N) is 1. The summed E-state index contributed by atoms with van der Waals surface area (Å²) in [7, 11) is 0. The number of rotatable bonds is 6. The van der Waals surface area contributed by atoms with Gasteiger partial charge in [0.05, 0.1) is 0 Å². The van der Waals surface area contributed by atoms with Crippen LogP contribution in [0.5, 0.6) is 0 Å². The molecule has 1 rings (SSSR count). The highest BCUT2D eigenvalue weighted by atomic mass is 19.4. The molecule has 1 atom stereocenters. The van der Waals surface area contributed by atoms with Crippen molar-refractivity contribution in [2.24, 2.45) is 5.84 Å². The smallest absolute Gasteiger partial charge is 0.271 e. The van der Waals surface area contributed by atoms with E-state index in [2.05, 4.69) is 15.5 Å². The van der Waals surface area contributed by atoms with Gasteiger partial charge >= 0.3 is 6.18 Å². The third-order valence-electron chi connectivity index (χ3n) is 2.44. The lowest BCUT2D eigenvalue weighted by Crippen LogP contribution is -2.38. The molecule has 98 valence electrons. The van der Waals surface area contributed by atoms with Gasteiger partial charge in [-0.05, 0) is 13.3 Å². The van der Waals surface area contributed by atoms with E-state index in [0.29, 0.717) is 18.8 Å². The summed E-state index contributed by atoms with van der Waals surface area (Å²) in [5.41, 5.74) is 2.38. The summed E-state index contributed by atoms with van der Waals surface area (Å²) in [6, 6.07) is -0.453. The van der Waals surface area contributed by atoms with Crippen molar-refractivity contribution in [3.8, 4) is 0 Å². The minimum Gasteiger partial charge on any atom is -0.271 e. The predicted molar refractivity (Wildman–Crippen MR) is 55.8 cm³/mol. The van der Waals surface area contributed by atoms with E-state index in [4.69, 9.17) is 5.84 Å². The lowest BCUT2D eigenvalue weighted by atomic mass is 10.1. The highest BCUT2D eigenvalue weighted by molar-refractivity contribution is 4.89. The molecule has 1 unspecified atom stereocenters. The highest BCUT2D eigenvalue weighted by Gasteiger charge is 2.28. The molecule has 1 aromatic rings. The topological polar surface area (TPSA) is 68.8 Å². The average Bonchev–Trinajstić information content (AvgIpc) is 2.70. The predicted octanol–water partition coefficient (Wildman–Crippen LogP) is 1.01. The van der Waals surface area contributed by atoms with Gasteiger partial charge in [-0.3, -0.25) is 16.0 Å². The summed E-state index contributed by atoms with van der Waals surface area (Å²) >= 11 is 0. The molecule has 1 heterocycles. The van der Waals surface area contributed by atoms with Gasteiger partial charge in [0.2, 0.25) is 0 Å². The molecule has 0 fully saturated rings. The first-order valence-electron chi connectivity index (χ1n) is 5.35. The number of hydrazine groups is 1. The van der Waals surface area contributed by atoms with Gasteiger partial charge in [-0.1, -0.05) is 0 Å². The lowest BCUT2D eigenvalue weighted by molar-refractivity contribution is -0.136. The zero-order valence-electron chi connectivity index (χ0n) is 9.54. The van der Waals surface area contributed by atoms with Gasteiger partial charge in [0.15, 0.2) is 0 Å². The van der Waals surface area contributed by atoms with Gasteiger partial charge in [0, 0.05) is 25.4 Å². The molecule has 17 heavy (non-hydrogen) atoms. The zero-order chi connectivity index (χ0) is 12.9. The lowest BCUT2D eigenvalue weighted by Gasteiger charge is -2.16. The first-order chi connectivity index (χ1) is 7.96. The molecule has 0 saturated carbocycles.